The minimum atomic E-state index is -1.03. The van der Waals surface area contributed by atoms with Crippen LogP contribution in [-0.2, 0) is 6.42 Å². The molecule has 0 unspecified atom stereocenters. The normalized spacial score (nSPS) is 11.0. The van der Waals surface area contributed by atoms with Gasteiger partial charge in [-0.3, -0.25) is 0 Å². The highest BCUT2D eigenvalue weighted by molar-refractivity contribution is 5.98. The number of carbonyl (C=O) groups is 2. The third kappa shape index (κ3) is 5.84. The molecule has 178 valence electrons. The topological polar surface area (TPSA) is 72.8 Å². The highest BCUT2D eigenvalue weighted by Crippen LogP contribution is 2.42. The molecule has 5 nitrogen and oxygen atoms in total. The number of ether oxygens (including phenoxy) is 2. The molecule has 0 aromatic heterocycles. The molecule has 5 heteroatoms. The molecule has 0 amide bonds. The van der Waals surface area contributed by atoms with E-state index in [9.17, 15) is 14.7 Å². The van der Waals surface area contributed by atoms with Gasteiger partial charge in [0.2, 0.25) is 0 Å². The van der Waals surface area contributed by atoms with Gasteiger partial charge in [-0.05, 0) is 59.2 Å². The van der Waals surface area contributed by atoms with Crippen LogP contribution < -0.4 is 9.47 Å². The quantitative estimate of drug-likeness (QED) is 0.274. The SMILES string of the molecule is CCCc1ccc(C(=O)O)c(-c2c(OC(=O)Oc3ccccc3)cc(C(C)C)cc2C(C)C)c1. The molecule has 0 spiro atoms. The summed E-state index contributed by atoms with van der Waals surface area (Å²) in [5.41, 5.74) is 4.27. The molecular formula is C29H32O5. The minimum absolute atomic E-state index is 0.0673. The zero-order chi connectivity index (χ0) is 24.8. The van der Waals surface area contributed by atoms with Crippen molar-refractivity contribution in [3.05, 3.63) is 82.9 Å². The number of aryl methyl sites for hydroxylation is 1. The Labute approximate surface area is 201 Å². The number of benzene rings is 3. The van der Waals surface area contributed by atoms with Crippen LogP contribution >= 0.6 is 0 Å². The molecule has 0 heterocycles. The van der Waals surface area contributed by atoms with Crippen LogP contribution in [0.1, 0.15) is 79.9 Å². The van der Waals surface area contributed by atoms with Gasteiger partial charge in [-0.2, -0.15) is 0 Å². The first kappa shape index (κ1) is 25.0. The summed E-state index contributed by atoms with van der Waals surface area (Å²) in [6, 6.07) is 18.0. The molecular weight excluding hydrogens is 428 g/mol. The second kappa shape index (κ2) is 11.0. The molecule has 3 aromatic carbocycles. The number of carboxylic acids is 1. The zero-order valence-corrected chi connectivity index (χ0v) is 20.4. The molecule has 0 radical (unpaired) electrons. The van der Waals surface area contributed by atoms with Gasteiger partial charge in [-0.15, -0.1) is 0 Å². The molecule has 0 aliphatic rings. The van der Waals surface area contributed by atoms with Crippen molar-refractivity contribution in [2.24, 2.45) is 0 Å². The molecule has 0 aliphatic heterocycles. The largest absolute Gasteiger partial charge is 0.519 e. The fourth-order valence-electron chi connectivity index (χ4n) is 3.94. The van der Waals surface area contributed by atoms with Gasteiger partial charge < -0.3 is 14.6 Å². The summed E-state index contributed by atoms with van der Waals surface area (Å²) in [7, 11) is 0. The third-order valence-corrected chi connectivity index (χ3v) is 5.70. The van der Waals surface area contributed by atoms with Crippen molar-refractivity contribution in [2.45, 2.75) is 59.3 Å². The van der Waals surface area contributed by atoms with Crippen molar-refractivity contribution in [3.8, 4) is 22.6 Å². The van der Waals surface area contributed by atoms with Crippen LogP contribution in [0.3, 0.4) is 0 Å². The Morgan fingerprint density at radius 2 is 1.59 bits per heavy atom. The van der Waals surface area contributed by atoms with Gasteiger partial charge in [0.15, 0.2) is 0 Å². The maximum Gasteiger partial charge on any atom is 0.519 e. The van der Waals surface area contributed by atoms with Crippen LogP contribution in [0.25, 0.3) is 11.1 Å². The molecule has 0 fully saturated rings. The first-order chi connectivity index (χ1) is 16.2. The molecule has 1 N–H and O–H groups in total. The van der Waals surface area contributed by atoms with Gasteiger partial charge in [0.05, 0.1) is 5.56 Å². The Morgan fingerprint density at radius 3 is 2.18 bits per heavy atom. The molecule has 0 saturated carbocycles. The average Bonchev–Trinajstić information content (AvgIpc) is 2.79. The predicted octanol–water partition coefficient (Wildman–Crippen LogP) is 7.83. The summed E-state index contributed by atoms with van der Waals surface area (Å²) >= 11 is 0. The summed E-state index contributed by atoms with van der Waals surface area (Å²) < 4.78 is 11.1. The number of hydrogen-bond acceptors (Lipinski definition) is 4. The van der Waals surface area contributed by atoms with E-state index in [1.807, 2.05) is 38.1 Å². The molecule has 0 aliphatic carbocycles. The molecule has 3 aromatic rings. The van der Waals surface area contributed by atoms with Crippen LogP contribution in [0.15, 0.2) is 60.7 Å². The van der Waals surface area contributed by atoms with E-state index in [0.29, 0.717) is 22.6 Å². The van der Waals surface area contributed by atoms with Gasteiger partial charge in [0.1, 0.15) is 11.5 Å². The fourth-order valence-corrected chi connectivity index (χ4v) is 3.94. The number of carboxylic acid groups (broad SMARTS) is 1. The highest BCUT2D eigenvalue weighted by atomic mass is 16.7. The summed E-state index contributed by atoms with van der Waals surface area (Å²) in [5, 5.41) is 9.96. The summed E-state index contributed by atoms with van der Waals surface area (Å²) in [4.78, 5) is 24.9. The standard InChI is InChI=1S/C29H32O5/c1-6-10-20-13-14-23(28(30)31)25(15-20)27-24(19(4)5)16-21(18(2)3)17-26(27)34-29(32)33-22-11-8-7-9-12-22/h7-9,11-19H,6,10H2,1-5H3,(H,30,31). The van der Waals surface area contributed by atoms with E-state index in [-0.39, 0.29) is 17.4 Å². The molecule has 0 saturated heterocycles. The van der Waals surface area contributed by atoms with E-state index < -0.39 is 12.1 Å². The number of carbonyl (C=O) groups excluding carboxylic acids is 1. The van der Waals surface area contributed by atoms with E-state index in [1.54, 1.807) is 30.3 Å². The first-order valence-corrected chi connectivity index (χ1v) is 11.7. The van der Waals surface area contributed by atoms with E-state index in [0.717, 1.165) is 29.5 Å². The lowest BCUT2D eigenvalue weighted by atomic mass is 9.85. The zero-order valence-electron chi connectivity index (χ0n) is 20.4. The van der Waals surface area contributed by atoms with Gasteiger partial charge in [0.25, 0.3) is 0 Å². The van der Waals surface area contributed by atoms with Crippen LogP contribution in [-0.4, -0.2) is 17.2 Å². The Kier molecular flexibility index (Phi) is 8.11. The van der Waals surface area contributed by atoms with Gasteiger partial charge in [-0.25, -0.2) is 9.59 Å². The van der Waals surface area contributed by atoms with Crippen LogP contribution in [0, 0.1) is 0 Å². The monoisotopic (exact) mass is 460 g/mol. The van der Waals surface area contributed by atoms with Crippen LogP contribution in [0.4, 0.5) is 4.79 Å². The van der Waals surface area contributed by atoms with Crippen molar-refractivity contribution in [1.82, 2.24) is 0 Å². The van der Waals surface area contributed by atoms with Gasteiger partial charge in [-0.1, -0.05) is 77.4 Å². The van der Waals surface area contributed by atoms with E-state index in [1.165, 1.54) is 0 Å². The summed E-state index contributed by atoms with van der Waals surface area (Å²) in [6.07, 6.45) is 0.881. The maximum absolute atomic E-state index is 12.8. The van der Waals surface area contributed by atoms with Crippen LogP contribution in [0.2, 0.25) is 0 Å². The summed E-state index contributed by atoms with van der Waals surface area (Å²) in [6.45, 7) is 10.3. The van der Waals surface area contributed by atoms with Crippen molar-refractivity contribution >= 4 is 12.1 Å². The number of aromatic carboxylic acids is 1. The van der Waals surface area contributed by atoms with Crippen molar-refractivity contribution in [2.75, 3.05) is 0 Å². The lowest BCUT2D eigenvalue weighted by Crippen LogP contribution is -2.15. The lowest BCUT2D eigenvalue weighted by molar-refractivity contribution is 0.0697. The first-order valence-electron chi connectivity index (χ1n) is 11.7. The smallest absolute Gasteiger partial charge is 0.478 e. The Balaban J connectivity index is 2.22. The van der Waals surface area contributed by atoms with Gasteiger partial charge >= 0.3 is 12.1 Å². The Bertz CT molecular complexity index is 1160. The molecule has 0 atom stereocenters. The third-order valence-electron chi connectivity index (χ3n) is 5.70. The molecule has 0 bridgehead atoms. The predicted molar refractivity (Wildman–Crippen MR) is 134 cm³/mol. The van der Waals surface area contributed by atoms with Gasteiger partial charge in [0, 0.05) is 11.1 Å². The van der Waals surface area contributed by atoms with Crippen molar-refractivity contribution < 1.29 is 24.2 Å². The van der Waals surface area contributed by atoms with Crippen LogP contribution in [0.5, 0.6) is 11.5 Å². The van der Waals surface area contributed by atoms with E-state index >= 15 is 0 Å². The fraction of sp³-hybridized carbons (Fsp3) is 0.310. The number of hydrogen-bond donors (Lipinski definition) is 1. The molecule has 34 heavy (non-hydrogen) atoms. The number of para-hydroxylation sites is 1. The van der Waals surface area contributed by atoms with E-state index in [2.05, 4.69) is 26.8 Å². The second-order valence-corrected chi connectivity index (χ2v) is 8.99. The Morgan fingerprint density at radius 1 is 0.882 bits per heavy atom. The second-order valence-electron chi connectivity index (χ2n) is 8.99. The summed E-state index contributed by atoms with van der Waals surface area (Å²) in [5.74, 6) is -0.109. The van der Waals surface area contributed by atoms with Crippen molar-refractivity contribution in [1.29, 1.82) is 0 Å². The maximum atomic E-state index is 12.8. The van der Waals surface area contributed by atoms with Crippen molar-refractivity contribution in [3.63, 3.8) is 0 Å². The Hall–Kier alpha value is -3.60. The average molecular weight is 461 g/mol. The highest BCUT2D eigenvalue weighted by Gasteiger charge is 2.24. The molecule has 3 rings (SSSR count). The lowest BCUT2D eigenvalue weighted by Gasteiger charge is -2.22. The van der Waals surface area contributed by atoms with E-state index in [4.69, 9.17) is 9.47 Å². The minimum Gasteiger partial charge on any atom is -0.478 e. The number of rotatable bonds is 8.